The van der Waals surface area contributed by atoms with Gasteiger partial charge in [0.25, 0.3) is 0 Å². The Labute approximate surface area is 106 Å². The van der Waals surface area contributed by atoms with Crippen LogP contribution in [0.5, 0.6) is 0 Å². The van der Waals surface area contributed by atoms with Crippen LogP contribution in [-0.2, 0) is 6.54 Å². The molecule has 16 heavy (non-hydrogen) atoms. The molecular weight excluding hydrogens is 269 g/mol. The summed E-state index contributed by atoms with van der Waals surface area (Å²) in [5.74, 6) is 0.345. The maximum Gasteiger partial charge on any atom is 0.228 e. The predicted molar refractivity (Wildman–Crippen MR) is 64.0 cm³/mol. The van der Waals surface area contributed by atoms with E-state index in [0.717, 1.165) is 10.7 Å². The third-order valence-electron chi connectivity index (χ3n) is 1.65. The predicted octanol–water partition coefficient (Wildman–Crippen LogP) is 2.56. The van der Waals surface area contributed by atoms with Gasteiger partial charge < -0.3 is 5.32 Å². The molecule has 0 spiro atoms. The molecular formula is C8H7Cl2N5S. The van der Waals surface area contributed by atoms with Crippen molar-refractivity contribution in [1.29, 1.82) is 0 Å². The number of aryl methyl sites for hydroxylation is 1. The number of hydrogen-bond donors (Lipinski definition) is 1. The number of anilines is 1. The average Bonchev–Trinajstić information content (AvgIpc) is 2.60. The molecule has 2 aromatic rings. The minimum absolute atomic E-state index is 0.0674. The molecule has 84 valence electrons. The molecule has 2 aromatic heterocycles. The average molecular weight is 276 g/mol. The summed E-state index contributed by atoms with van der Waals surface area (Å²) in [7, 11) is 0. The normalized spacial score (nSPS) is 10.4. The maximum atomic E-state index is 5.64. The Morgan fingerprint density at radius 3 is 2.44 bits per heavy atom. The SMILES string of the molecule is Cc1csc(CNc2nc(Cl)nc(Cl)n2)n1. The van der Waals surface area contributed by atoms with Crippen LogP contribution in [0.4, 0.5) is 5.95 Å². The summed E-state index contributed by atoms with van der Waals surface area (Å²) < 4.78 is 0. The Hall–Kier alpha value is -0.980. The van der Waals surface area contributed by atoms with Crippen molar-refractivity contribution in [3.63, 3.8) is 0 Å². The Balaban J connectivity index is 2.04. The number of halogens is 2. The zero-order chi connectivity index (χ0) is 11.5. The van der Waals surface area contributed by atoms with Gasteiger partial charge in [0.1, 0.15) is 5.01 Å². The van der Waals surface area contributed by atoms with E-state index in [9.17, 15) is 0 Å². The minimum atomic E-state index is 0.0674. The number of rotatable bonds is 3. The summed E-state index contributed by atoms with van der Waals surface area (Å²) >= 11 is 12.8. The highest BCUT2D eigenvalue weighted by atomic mass is 35.5. The van der Waals surface area contributed by atoms with Crippen LogP contribution in [0.15, 0.2) is 5.38 Å². The molecule has 0 aliphatic heterocycles. The van der Waals surface area contributed by atoms with Gasteiger partial charge in [0, 0.05) is 11.1 Å². The largest absolute Gasteiger partial charge is 0.348 e. The van der Waals surface area contributed by atoms with Crippen LogP contribution < -0.4 is 5.32 Å². The van der Waals surface area contributed by atoms with Crippen molar-refractivity contribution in [2.45, 2.75) is 13.5 Å². The second-order valence-electron chi connectivity index (χ2n) is 2.93. The molecule has 0 atom stereocenters. The lowest BCUT2D eigenvalue weighted by atomic mass is 10.6. The maximum absolute atomic E-state index is 5.64. The summed E-state index contributed by atoms with van der Waals surface area (Å²) in [6.07, 6.45) is 0. The van der Waals surface area contributed by atoms with E-state index in [1.165, 1.54) is 0 Å². The van der Waals surface area contributed by atoms with Gasteiger partial charge in [-0.3, -0.25) is 0 Å². The molecule has 0 aliphatic carbocycles. The Kier molecular flexibility index (Phi) is 3.52. The smallest absolute Gasteiger partial charge is 0.228 e. The van der Waals surface area contributed by atoms with E-state index in [-0.39, 0.29) is 10.6 Å². The first-order chi connectivity index (χ1) is 7.63. The second-order valence-corrected chi connectivity index (χ2v) is 4.55. The third kappa shape index (κ3) is 3.01. The van der Waals surface area contributed by atoms with Gasteiger partial charge >= 0.3 is 0 Å². The highest BCUT2D eigenvalue weighted by molar-refractivity contribution is 7.09. The van der Waals surface area contributed by atoms with E-state index < -0.39 is 0 Å². The highest BCUT2D eigenvalue weighted by Gasteiger charge is 2.04. The summed E-state index contributed by atoms with van der Waals surface area (Å²) in [5.41, 5.74) is 0.994. The molecule has 0 bridgehead atoms. The zero-order valence-corrected chi connectivity index (χ0v) is 10.6. The topological polar surface area (TPSA) is 63.6 Å². The molecule has 0 aromatic carbocycles. The molecule has 1 N–H and O–H groups in total. The fourth-order valence-corrected chi connectivity index (χ4v) is 2.12. The van der Waals surface area contributed by atoms with Crippen molar-refractivity contribution in [2.24, 2.45) is 0 Å². The molecule has 0 saturated heterocycles. The Bertz CT molecular complexity index is 481. The number of hydrogen-bond acceptors (Lipinski definition) is 6. The standard InChI is InChI=1S/C8H7Cl2N5S/c1-4-3-16-5(12-4)2-11-8-14-6(9)13-7(10)15-8/h3H,2H2,1H3,(H,11,13,14,15). The van der Waals surface area contributed by atoms with Crippen LogP contribution in [0.25, 0.3) is 0 Å². The molecule has 0 amide bonds. The third-order valence-corrected chi connectivity index (χ3v) is 2.95. The van der Waals surface area contributed by atoms with Gasteiger partial charge in [0.15, 0.2) is 0 Å². The molecule has 0 saturated carbocycles. The number of aromatic nitrogens is 4. The van der Waals surface area contributed by atoms with Gasteiger partial charge in [-0.05, 0) is 30.1 Å². The van der Waals surface area contributed by atoms with Crippen LogP contribution in [0, 0.1) is 6.92 Å². The van der Waals surface area contributed by atoms with Gasteiger partial charge in [0.2, 0.25) is 16.5 Å². The Morgan fingerprint density at radius 2 is 1.88 bits per heavy atom. The number of nitrogens with zero attached hydrogens (tertiary/aromatic N) is 4. The zero-order valence-electron chi connectivity index (χ0n) is 8.24. The van der Waals surface area contributed by atoms with Gasteiger partial charge in [-0.1, -0.05) is 0 Å². The van der Waals surface area contributed by atoms with Crippen LogP contribution >= 0.6 is 34.5 Å². The fraction of sp³-hybridized carbons (Fsp3) is 0.250. The van der Waals surface area contributed by atoms with Gasteiger partial charge in [0.05, 0.1) is 6.54 Å². The van der Waals surface area contributed by atoms with E-state index in [2.05, 4.69) is 25.3 Å². The quantitative estimate of drug-likeness (QED) is 0.933. The van der Waals surface area contributed by atoms with Crippen molar-refractivity contribution >= 4 is 40.5 Å². The molecule has 0 fully saturated rings. The first-order valence-corrected chi connectivity index (χ1v) is 5.99. The summed E-state index contributed by atoms with van der Waals surface area (Å²) in [5, 5.41) is 6.03. The second kappa shape index (κ2) is 4.90. The summed E-state index contributed by atoms with van der Waals surface area (Å²) in [6, 6.07) is 0. The highest BCUT2D eigenvalue weighted by Crippen LogP contribution is 2.12. The molecule has 2 heterocycles. The number of nitrogens with one attached hydrogen (secondary N) is 1. The van der Waals surface area contributed by atoms with E-state index in [1.54, 1.807) is 11.3 Å². The molecule has 2 rings (SSSR count). The van der Waals surface area contributed by atoms with E-state index in [0.29, 0.717) is 12.5 Å². The van der Waals surface area contributed by atoms with Gasteiger partial charge in [-0.25, -0.2) is 4.98 Å². The summed E-state index contributed by atoms with van der Waals surface area (Å²) in [4.78, 5) is 15.7. The molecule has 0 unspecified atom stereocenters. The van der Waals surface area contributed by atoms with Crippen molar-refractivity contribution in [2.75, 3.05) is 5.32 Å². The Morgan fingerprint density at radius 1 is 1.19 bits per heavy atom. The summed E-state index contributed by atoms with van der Waals surface area (Å²) in [6.45, 7) is 2.48. The molecule has 0 aliphatic rings. The van der Waals surface area contributed by atoms with Crippen LogP contribution in [-0.4, -0.2) is 19.9 Å². The number of thiazole rings is 1. The lowest BCUT2D eigenvalue weighted by Crippen LogP contribution is -2.04. The van der Waals surface area contributed by atoms with Crippen molar-refractivity contribution in [1.82, 2.24) is 19.9 Å². The van der Waals surface area contributed by atoms with Gasteiger partial charge in [-0.2, -0.15) is 15.0 Å². The molecule has 0 radical (unpaired) electrons. The first kappa shape index (κ1) is 11.5. The first-order valence-electron chi connectivity index (χ1n) is 4.35. The molecule has 8 heteroatoms. The lowest BCUT2D eigenvalue weighted by Gasteiger charge is -2.02. The minimum Gasteiger partial charge on any atom is -0.348 e. The van der Waals surface area contributed by atoms with Crippen molar-refractivity contribution < 1.29 is 0 Å². The van der Waals surface area contributed by atoms with Crippen LogP contribution in [0.1, 0.15) is 10.7 Å². The van der Waals surface area contributed by atoms with E-state index in [1.807, 2.05) is 12.3 Å². The fourth-order valence-electron chi connectivity index (χ4n) is 1.04. The van der Waals surface area contributed by atoms with Gasteiger partial charge in [-0.15, -0.1) is 11.3 Å². The monoisotopic (exact) mass is 275 g/mol. The van der Waals surface area contributed by atoms with E-state index in [4.69, 9.17) is 23.2 Å². The van der Waals surface area contributed by atoms with Crippen molar-refractivity contribution in [3.05, 3.63) is 26.6 Å². The van der Waals surface area contributed by atoms with Crippen LogP contribution in [0.2, 0.25) is 10.6 Å². The van der Waals surface area contributed by atoms with Crippen LogP contribution in [0.3, 0.4) is 0 Å². The lowest BCUT2D eigenvalue weighted by molar-refractivity contribution is 0.988. The van der Waals surface area contributed by atoms with E-state index >= 15 is 0 Å². The molecule has 5 nitrogen and oxygen atoms in total. The van der Waals surface area contributed by atoms with Crippen molar-refractivity contribution in [3.8, 4) is 0 Å².